The van der Waals surface area contributed by atoms with Gasteiger partial charge in [-0.25, -0.2) is 4.39 Å². The molecule has 122 valence electrons. The Kier molecular flexibility index (Phi) is 22.7. The quantitative estimate of drug-likeness (QED) is 0.283. The standard InChI is InChI=1S/C10H19FO.C6H14FN/c1-2-3-7-10(11)8-5-4-6-9-12;1-2-3-4-5-6-8-7/h9-10H,2-8H2,1H3;8H,2-6H2,1H3. The Morgan fingerprint density at radius 1 is 0.950 bits per heavy atom. The number of aldehydes is 1. The Balaban J connectivity index is 0. The van der Waals surface area contributed by atoms with Gasteiger partial charge in [-0.3, -0.25) is 0 Å². The van der Waals surface area contributed by atoms with Crippen LogP contribution in [0.4, 0.5) is 8.87 Å². The summed E-state index contributed by atoms with van der Waals surface area (Å²) in [4.78, 5) is 9.93. The Labute approximate surface area is 123 Å². The molecular formula is C16H33F2NO. The average Bonchev–Trinajstić information content (AvgIpc) is 2.47. The Hall–Kier alpha value is -0.510. The zero-order valence-corrected chi connectivity index (χ0v) is 13.3. The highest BCUT2D eigenvalue weighted by Gasteiger charge is 2.04. The average molecular weight is 293 g/mol. The fraction of sp³-hybridized carbons (Fsp3) is 0.938. The van der Waals surface area contributed by atoms with E-state index in [4.69, 9.17) is 0 Å². The molecular weight excluding hydrogens is 260 g/mol. The summed E-state index contributed by atoms with van der Waals surface area (Å²) < 4.78 is 24.1. The van der Waals surface area contributed by atoms with E-state index < -0.39 is 6.17 Å². The van der Waals surface area contributed by atoms with E-state index in [0.717, 1.165) is 44.8 Å². The molecule has 0 aromatic rings. The largest absolute Gasteiger partial charge is 0.303 e. The predicted molar refractivity (Wildman–Crippen MR) is 82.2 cm³/mol. The van der Waals surface area contributed by atoms with E-state index in [-0.39, 0.29) is 0 Å². The van der Waals surface area contributed by atoms with Crippen LogP contribution in [0, 0.1) is 0 Å². The first-order valence-electron chi connectivity index (χ1n) is 8.14. The van der Waals surface area contributed by atoms with Crippen LogP contribution in [0.15, 0.2) is 0 Å². The van der Waals surface area contributed by atoms with Gasteiger partial charge in [0.1, 0.15) is 12.5 Å². The summed E-state index contributed by atoms with van der Waals surface area (Å²) in [6.07, 6.45) is 10.5. The van der Waals surface area contributed by atoms with Crippen molar-refractivity contribution in [2.24, 2.45) is 0 Å². The zero-order valence-electron chi connectivity index (χ0n) is 13.3. The van der Waals surface area contributed by atoms with E-state index in [9.17, 15) is 13.7 Å². The van der Waals surface area contributed by atoms with Gasteiger partial charge in [0, 0.05) is 13.0 Å². The predicted octanol–water partition coefficient (Wildman–Crippen LogP) is 5.31. The second-order valence-corrected chi connectivity index (χ2v) is 5.13. The molecule has 1 atom stereocenters. The molecule has 0 spiro atoms. The molecule has 0 fully saturated rings. The highest BCUT2D eigenvalue weighted by Crippen LogP contribution is 2.12. The molecule has 0 bridgehead atoms. The molecule has 4 heteroatoms. The maximum atomic E-state index is 12.9. The first-order valence-corrected chi connectivity index (χ1v) is 8.14. The number of alkyl halides is 1. The van der Waals surface area contributed by atoms with E-state index in [1.165, 1.54) is 12.8 Å². The van der Waals surface area contributed by atoms with Crippen LogP contribution < -0.4 is 5.54 Å². The van der Waals surface area contributed by atoms with E-state index in [1.807, 2.05) is 0 Å². The van der Waals surface area contributed by atoms with Crippen LogP contribution in [-0.4, -0.2) is 19.0 Å². The third-order valence-corrected chi connectivity index (χ3v) is 3.09. The number of rotatable bonds is 13. The number of halogens is 2. The lowest BCUT2D eigenvalue weighted by Gasteiger charge is -2.05. The van der Waals surface area contributed by atoms with Gasteiger partial charge in [0.25, 0.3) is 0 Å². The van der Waals surface area contributed by atoms with Crippen LogP contribution in [0.2, 0.25) is 0 Å². The van der Waals surface area contributed by atoms with Gasteiger partial charge >= 0.3 is 0 Å². The van der Waals surface area contributed by atoms with E-state index in [2.05, 4.69) is 13.8 Å². The highest BCUT2D eigenvalue weighted by molar-refractivity contribution is 5.48. The van der Waals surface area contributed by atoms with Crippen molar-refractivity contribution in [1.29, 1.82) is 0 Å². The van der Waals surface area contributed by atoms with Crippen molar-refractivity contribution in [2.75, 3.05) is 6.54 Å². The maximum Gasteiger partial charge on any atom is 0.119 e. The molecule has 1 unspecified atom stereocenters. The molecule has 0 saturated heterocycles. The molecule has 1 N–H and O–H groups in total. The van der Waals surface area contributed by atoms with E-state index in [0.29, 0.717) is 25.8 Å². The van der Waals surface area contributed by atoms with Crippen molar-refractivity contribution in [3.8, 4) is 0 Å². The summed E-state index contributed by atoms with van der Waals surface area (Å²) in [5, 5.41) is 0. The summed E-state index contributed by atoms with van der Waals surface area (Å²) in [5.41, 5.74) is 1.63. The number of nitrogens with one attached hydrogen (secondary N) is 1. The molecule has 0 rings (SSSR count). The van der Waals surface area contributed by atoms with Crippen LogP contribution in [0.1, 0.15) is 84.5 Å². The fourth-order valence-electron chi connectivity index (χ4n) is 1.78. The molecule has 0 amide bonds. The maximum absolute atomic E-state index is 12.9. The number of carbonyl (C=O) groups excluding carboxylic acids is 1. The second-order valence-electron chi connectivity index (χ2n) is 5.13. The molecule has 0 radical (unpaired) electrons. The monoisotopic (exact) mass is 293 g/mol. The lowest BCUT2D eigenvalue weighted by molar-refractivity contribution is -0.107. The summed E-state index contributed by atoms with van der Waals surface area (Å²) in [7, 11) is 0. The van der Waals surface area contributed by atoms with Crippen molar-refractivity contribution < 1.29 is 13.7 Å². The molecule has 0 saturated carbocycles. The van der Waals surface area contributed by atoms with E-state index >= 15 is 0 Å². The lowest BCUT2D eigenvalue weighted by atomic mass is 10.1. The van der Waals surface area contributed by atoms with Gasteiger partial charge in [-0.15, -0.1) is 4.48 Å². The summed E-state index contributed by atoms with van der Waals surface area (Å²) in [6, 6.07) is 0. The SMILES string of the molecule is CCCCC(F)CCCCC=O.CCCCCCNF. The molecule has 0 heterocycles. The van der Waals surface area contributed by atoms with Crippen molar-refractivity contribution in [2.45, 2.75) is 90.6 Å². The third kappa shape index (κ3) is 22.7. The Bertz CT molecular complexity index is 174. The van der Waals surface area contributed by atoms with Gasteiger partial charge in [0.2, 0.25) is 0 Å². The van der Waals surface area contributed by atoms with Gasteiger partial charge in [0.05, 0.1) is 0 Å². The summed E-state index contributed by atoms with van der Waals surface area (Å²) in [5.74, 6) is 0. The normalized spacial score (nSPS) is 11.6. The van der Waals surface area contributed by atoms with Crippen molar-refractivity contribution in [3.63, 3.8) is 0 Å². The highest BCUT2D eigenvalue weighted by atomic mass is 19.2. The van der Waals surface area contributed by atoms with Gasteiger partial charge in [-0.1, -0.05) is 52.4 Å². The molecule has 0 aromatic heterocycles. The van der Waals surface area contributed by atoms with Gasteiger partial charge in [-0.05, 0) is 25.7 Å². The molecule has 20 heavy (non-hydrogen) atoms. The lowest BCUT2D eigenvalue weighted by Crippen LogP contribution is -2.01. The number of carbonyl (C=O) groups is 1. The molecule has 0 aliphatic heterocycles. The van der Waals surface area contributed by atoms with Crippen molar-refractivity contribution in [3.05, 3.63) is 0 Å². The summed E-state index contributed by atoms with van der Waals surface area (Å²) >= 11 is 0. The van der Waals surface area contributed by atoms with Crippen LogP contribution in [-0.2, 0) is 4.79 Å². The van der Waals surface area contributed by atoms with Crippen LogP contribution in [0.5, 0.6) is 0 Å². The number of unbranched alkanes of at least 4 members (excludes halogenated alkanes) is 6. The smallest absolute Gasteiger partial charge is 0.119 e. The van der Waals surface area contributed by atoms with Crippen LogP contribution in [0.25, 0.3) is 0 Å². The Morgan fingerprint density at radius 3 is 2.15 bits per heavy atom. The third-order valence-electron chi connectivity index (χ3n) is 3.09. The van der Waals surface area contributed by atoms with E-state index in [1.54, 1.807) is 5.54 Å². The van der Waals surface area contributed by atoms with Gasteiger partial charge < -0.3 is 4.79 Å². The van der Waals surface area contributed by atoms with Crippen molar-refractivity contribution >= 4 is 6.29 Å². The fourth-order valence-corrected chi connectivity index (χ4v) is 1.78. The minimum atomic E-state index is -0.642. The zero-order chi connectivity index (χ0) is 15.5. The second kappa shape index (κ2) is 20.8. The summed E-state index contributed by atoms with van der Waals surface area (Å²) in [6.45, 7) is 4.72. The minimum Gasteiger partial charge on any atom is -0.303 e. The minimum absolute atomic E-state index is 0.514. The van der Waals surface area contributed by atoms with Gasteiger partial charge in [0.15, 0.2) is 0 Å². The van der Waals surface area contributed by atoms with Crippen LogP contribution in [0.3, 0.4) is 0 Å². The van der Waals surface area contributed by atoms with Crippen molar-refractivity contribution in [1.82, 2.24) is 5.54 Å². The molecule has 2 nitrogen and oxygen atoms in total. The van der Waals surface area contributed by atoms with Crippen LogP contribution >= 0.6 is 0 Å². The Morgan fingerprint density at radius 2 is 1.60 bits per heavy atom. The number of hydrogen-bond donors (Lipinski definition) is 1. The first kappa shape index (κ1) is 21.8. The number of hydrogen-bond acceptors (Lipinski definition) is 2. The topological polar surface area (TPSA) is 29.1 Å². The molecule has 0 aliphatic carbocycles. The molecule has 0 aromatic carbocycles. The molecule has 0 aliphatic rings. The first-order chi connectivity index (χ1) is 9.72. The van der Waals surface area contributed by atoms with Gasteiger partial charge in [-0.2, -0.15) is 5.54 Å².